The van der Waals surface area contributed by atoms with Crippen LogP contribution >= 0.6 is 0 Å². The van der Waals surface area contributed by atoms with Crippen molar-refractivity contribution >= 4 is 17.6 Å². The van der Waals surface area contributed by atoms with E-state index in [2.05, 4.69) is 5.32 Å². The van der Waals surface area contributed by atoms with Crippen LogP contribution in [-0.4, -0.2) is 29.8 Å². The molecule has 0 bridgehead atoms. The zero-order valence-electron chi connectivity index (χ0n) is 12.0. The summed E-state index contributed by atoms with van der Waals surface area (Å²) in [5.41, 5.74) is -1.92. The number of nitrogens with one attached hydrogen (secondary N) is 1. The second-order valence-electron chi connectivity index (χ2n) is 5.32. The lowest BCUT2D eigenvalue weighted by atomic mass is 9.88. The van der Waals surface area contributed by atoms with Gasteiger partial charge in [-0.05, 0) is 12.1 Å². The highest BCUT2D eigenvalue weighted by Gasteiger charge is 2.48. The molecule has 2 N–H and O–H groups in total. The summed E-state index contributed by atoms with van der Waals surface area (Å²) in [5, 5.41) is 10.8. The van der Waals surface area contributed by atoms with Crippen molar-refractivity contribution in [3.63, 3.8) is 0 Å². The van der Waals surface area contributed by atoms with Gasteiger partial charge in [0, 0.05) is 18.2 Å². The number of alkyl halides is 3. The van der Waals surface area contributed by atoms with Crippen molar-refractivity contribution in [1.29, 1.82) is 0 Å². The van der Waals surface area contributed by atoms with Gasteiger partial charge in [0.1, 0.15) is 5.75 Å². The molecule has 1 amide bonds. The Hall–Kier alpha value is -2.25. The molecule has 22 heavy (non-hydrogen) atoms. The van der Waals surface area contributed by atoms with Gasteiger partial charge in [0.25, 0.3) is 0 Å². The number of hydrogen-bond donors (Lipinski definition) is 2. The normalized spacial score (nSPS) is 11.9. The maximum atomic E-state index is 12.7. The van der Waals surface area contributed by atoms with Crippen molar-refractivity contribution in [3.8, 4) is 5.75 Å². The van der Waals surface area contributed by atoms with Gasteiger partial charge < -0.3 is 15.2 Å². The van der Waals surface area contributed by atoms with E-state index in [4.69, 9.17) is 9.84 Å². The Morgan fingerprint density at radius 2 is 1.91 bits per heavy atom. The summed E-state index contributed by atoms with van der Waals surface area (Å²) in [4.78, 5) is 22.1. The van der Waals surface area contributed by atoms with Gasteiger partial charge in [0.2, 0.25) is 5.91 Å². The van der Waals surface area contributed by atoms with E-state index in [9.17, 15) is 22.8 Å². The number of amides is 1. The smallest absolute Gasteiger partial charge is 0.394 e. The highest BCUT2D eigenvalue weighted by atomic mass is 19.4. The van der Waals surface area contributed by atoms with Gasteiger partial charge in [-0.1, -0.05) is 19.9 Å². The molecule has 8 heteroatoms. The van der Waals surface area contributed by atoms with Crippen LogP contribution in [0.4, 0.5) is 18.9 Å². The van der Waals surface area contributed by atoms with Crippen LogP contribution in [0, 0.1) is 5.41 Å². The lowest BCUT2D eigenvalue weighted by Gasteiger charge is -2.26. The van der Waals surface area contributed by atoms with Crippen LogP contribution in [-0.2, 0) is 9.59 Å². The molecule has 0 saturated carbocycles. The molecule has 0 aliphatic rings. The first-order valence-corrected chi connectivity index (χ1v) is 6.32. The first kappa shape index (κ1) is 17.8. The molecular formula is C14H16F3NO4. The molecule has 1 rings (SSSR count). The Bertz CT molecular complexity index is 555. The Balaban J connectivity index is 2.69. The van der Waals surface area contributed by atoms with Crippen LogP contribution in [0.15, 0.2) is 24.3 Å². The number of carboxylic acids is 1. The van der Waals surface area contributed by atoms with Crippen molar-refractivity contribution in [2.24, 2.45) is 5.41 Å². The Labute approximate surface area is 125 Å². The number of carbonyl (C=O) groups is 2. The lowest BCUT2D eigenvalue weighted by molar-refractivity contribution is -0.213. The Morgan fingerprint density at radius 3 is 2.45 bits per heavy atom. The van der Waals surface area contributed by atoms with Crippen molar-refractivity contribution in [1.82, 2.24) is 0 Å². The number of aliphatic carboxylic acids is 1. The average Bonchev–Trinajstić information content (AvgIpc) is 2.34. The van der Waals surface area contributed by atoms with Gasteiger partial charge in [0.15, 0.2) is 6.61 Å². The maximum absolute atomic E-state index is 12.7. The van der Waals surface area contributed by atoms with E-state index in [1.165, 1.54) is 24.3 Å². The molecular weight excluding hydrogens is 303 g/mol. The standard InChI is InChI=1S/C14H16F3NO4/c1-13(2,14(15,16)17)7-11(19)18-9-4-3-5-10(6-9)22-8-12(20)21/h3-6H,7-8H2,1-2H3,(H,18,19)(H,20,21). The molecule has 0 unspecified atom stereocenters. The molecule has 0 spiro atoms. The van der Waals surface area contributed by atoms with Crippen molar-refractivity contribution in [2.45, 2.75) is 26.4 Å². The summed E-state index contributed by atoms with van der Waals surface area (Å²) in [6, 6.07) is 5.76. The van der Waals surface area contributed by atoms with Crippen molar-refractivity contribution < 1.29 is 32.6 Å². The second-order valence-corrected chi connectivity index (χ2v) is 5.32. The summed E-state index contributed by atoms with van der Waals surface area (Å²) < 4.78 is 43.1. The fourth-order valence-corrected chi connectivity index (χ4v) is 1.52. The minimum atomic E-state index is -4.49. The van der Waals surface area contributed by atoms with Crippen molar-refractivity contribution in [2.75, 3.05) is 11.9 Å². The topological polar surface area (TPSA) is 75.6 Å². The van der Waals surface area contributed by atoms with E-state index in [1.807, 2.05) is 0 Å². The summed E-state index contributed by atoms with van der Waals surface area (Å²) in [5.74, 6) is -1.77. The predicted octanol–water partition coefficient (Wildman–Crippen LogP) is 3.07. The summed E-state index contributed by atoms with van der Waals surface area (Å²) in [7, 11) is 0. The largest absolute Gasteiger partial charge is 0.482 e. The number of carbonyl (C=O) groups excluding carboxylic acids is 1. The van der Waals surface area contributed by atoms with Crippen LogP contribution in [0.25, 0.3) is 0 Å². The maximum Gasteiger partial charge on any atom is 0.394 e. The van der Waals surface area contributed by atoms with Crippen LogP contribution < -0.4 is 10.1 Å². The number of halogens is 3. The van der Waals surface area contributed by atoms with Gasteiger partial charge in [-0.3, -0.25) is 4.79 Å². The van der Waals surface area contributed by atoms with E-state index in [0.29, 0.717) is 0 Å². The van der Waals surface area contributed by atoms with Crippen molar-refractivity contribution in [3.05, 3.63) is 24.3 Å². The van der Waals surface area contributed by atoms with Crippen LogP contribution in [0.2, 0.25) is 0 Å². The third-order valence-corrected chi connectivity index (χ3v) is 2.85. The molecule has 0 heterocycles. The summed E-state index contributed by atoms with van der Waals surface area (Å²) >= 11 is 0. The number of anilines is 1. The molecule has 0 atom stereocenters. The molecule has 5 nitrogen and oxygen atoms in total. The molecule has 0 saturated heterocycles. The fraction of sp³-hybridized carbons (Fsp3) is 0.429. The summed E-state index contributed by atoms with van der Waals surface area (Å²) in [6.07, 6.45) is -5.21. The monoisotopic (exact) mass is 319 g/mol. The number of ether oxygens (including phenoxy) is 1. The van der Waals surface area contributed by atoms with Crippen LogP contribution in [0.5, 0.6) is 5.75 Å². The van der Waals surface area contributed by atoms with Crippen LogP contribution in [0.1, 0.15) is 20.3 Å². The molecule has 0 aromatic heterocycles. The van der Waals surface area contributed by atoms with E-state index < -0.39 is 36.5 Å². The van der Waals surface area contributed by atoms with E-state index in [-0.39, 0.29) is 11.4 Å². The molecule has 122 valence electrons. The number of rotatable bonds is 6. The highest BCUT2D eigenvalue weighted by molar-refractivity contribution is 5.91. The third kappa shape index (κ3) is 5.27. The molecule has 0 aliphatic heterocycles. The summed E-state index contributed by atoms with van der Waals surface area (Å²) in [6.45, 7) is 1.33. The predicted molar refractivity (Wildman–Crippen MR) is 72.7 cm³/mol. The molecule has 0 radical (unpaired) electrons. The van der Waals surface area contributed by atoms with Gasteiger partial charge in [-0.2, -0.15) is 13.2 Å². The minimum Gasteiger partial charge on any atom is -0.482 e. The lowest BCUT2D eigenvalue weighted by Crippen LogP contribution is -2.35. The van der Waals surface area contributed by atoms with Gasteiger partial charge in [-0.15, -0.1) is 0 Å². The van der Waals surface area contributed by atoms with E-state index >= 15 is 0 Å². The van der Waals surface area contributed by atoms with Crippen LogP contribution in [0.3, 0.4) is 0 Å². The number of hydrogen-bond acceptors (Lipinski definition) is 3. The van der Waals surface area contributed by atoms with Gasteiger partial charge in [-0.25, -0.2) is 4.79 Å². The van der Waals surface area contributed by atoms with Gasteiger partial charge >= 0.3 is 12.1 Å². The van der Waals surface area contributed by atoms with Gasteiger partial charge in [0.05, 0.1) is 5.41 Å². The highest BCUT2D eigenvalue weighted by Crippen LogP contribution is 2.40. The quantitative estimate of drug-likeness (QED) is 0.845. The Morgan fingerprint density at radius 1 is 1.27 bits per heavy atom. The first-order chi connectivity index (χ1) is 10.0. The first-order valence-electron chi connectivity index (χ1n) is 6.32. The molecule has 1 aromatic rings. The molecule has 0 aliphatic carbocycles. The van der Waals surface area contributed by atoms with E-state index in [1.54, 1.807) is 0 Å². The molecule has 0 fully saturated rings. The third-order valence-electron chi connectivity index (χ3n) is 2.85. The number of benzene rings is 1. The molecule has 1 aromatic carbocycles. The Kier molecular flexibility index (Phi) is 5.40. The fourth-order valence-electron chi connectivity index (χ4n) is 1.52. The number of carboxylic acid groups (broad SMARTS) is 1. The average molecular weight is 319 g/mol. The zero-order valence-corrected chi connectivity index (χ0v) is 12.0. The second kappa shape index (κ2) is 6.67. The minimum absolute atomic E-state index is 0.190. The van der Waals surface area contributed by atoms with E-state index in [0.717, 1.165) is 13.8 Å². The zero-order chi connectivity index (χ0) is 17.0. The SMILES string of the molecule is CC(C)(CC(=O)Nc1cccc(OCC(=O)O)c1)C(F)(F)F.